The van der Waals surface area contributed by atoms with Crippen LogP contribution in [0.4, 0.5) is 0 Å². The molecule has 0 aliphatic heterocycles. The van der Waals surface area contributed by atoms with Gasteiger partial charge in [0.2, 0.25) is 0 Å². The van der Waals surface area contributed by atoms with E-state index in [1.807, 2.05) is 18.2 Å². The zero-order valence-electron chi connectivity index (χ0n) is 14.5. The van der Waals surface area contributed by atoms with E-state index >= 15 is 0 Å². The van der Waals surface area contributed by atoms with Crippen molar-refractivity contribution < 1.29 is 14.2 Å². The Hall–Kier alpha value is -2.20. The van der Waals surface area contributed by atoms with E-state index in [-0.39, 0.29) is 5.54 Å². The van der Waals surface area contributed by atoms with E-state index in [1.165, 1.54) is 5.56 Å². The Morgan fingerprint density at radius 1 is 0.826 bits per heavy atom. The summed E-state index contributed by atoms with van der Waals surface area (Å²) < 4.78 is 16.2. The highest BCUT2D eigenvalue weighted by molar-refractivity contribution is 5.50. The van der Waals surface area contributed by atoms with E-state index in [1.54, 1.807) is 21.3 Å². The number of hydrogen-bond donors (Lipinski definition) is 1. The molecule has 2 rings (SSSR count). The van der Waals surface area contributed by atoms with Gasteiger partial charge in [-0.15, -0.1) is 0 Å². The summed E-state index contributed by atoms with van der Waals surface area (Å²) in [5, 5.41) is 3.58. The highest BCUT2D eigenvalue weighted by atomic mass is 16.5. The van der Waals surface area contributed by atoms with Gasteiger partial charge in [-0.2, -0.15) is 0 Å². The number of nitrogens with one attached hydrogen (secondary N) is 1. The first-order valence-electron chi connectivity index (χ1n) is 7.61. The molecular formula is C19H25NO3. The monoisotopic (exact) mass is 315 g/mol. The van der Waals surface area contributed by atoms with Crippen LogP contribution in [0.2, 0.25) is 0 Å². The average Bonchev–Trinajstić information content (AvgIpc) is 2.59. The Morgan fingerprint density at radius 2 is 1.39 bits per heavy atom. The van der Waals surface area contributed by atoms with Crippen LogP contribution >= 0.6 is 0 Å². The summed E-state index contributed by atoms with van der Waals surface area (Å²) in [7, 11) is 4.91. The van der Waals surface area contributed by atoms with Gasteiger partial charge in [0.05, 0.1) is 21.3 Å². The standard InChI is InChI=1S/C19H25NO3/c1-19(2,15-9-7-6-8-10-15)20-13-14-11-17(22-4)18(23-5)12-16(14)21-3/h6-12,20H,13H2,1-5H3. The minimum Gasteiger partial charge on any atom is -0.496 e. The maximum Gasteiger partial charge on any atom is 0.164 e. The van der Waals surface area contributed by atoms with E-state index in [4.69, 9.17) is 14.2 Å². The molecular weight excluding hydrogens is 290 g/mol. The van der Waals surface area contributed by atoms with Crippen molar-refractivity contribution in [3.05, 3.63) is 53.6 Å². The summed E-state index contributed by atoms with van der Waals surface area (Å²) in [6.45, 7) is 4.98. The minimum absolute atomic E-state index is 0.153. The van der Waals surface area contributed by atoms with Crippen LogP contribution in [0.1, 0.15) is 25.0 Å². The zero-order valence-corrected chi connectivity index (χ0v) is 14.5. The van der Waals surface area contributed by atoms with Crippen LogP contribution in [0.15, 0.2) is 42.5 Å². The molecule has 0 saturated carbocycles. The second-order valence-corrected chi connectivity index (χ2v) is 5.86. The van der Waals surface area contributed by atoms with Crippen LogP contribution in [0.3, 0.4) is 0 Å². The van der Waals surface area contributed by atoms with Crippen LogP contribution in [-0.2, 0) is 12.1 Å². The van der Waals surface area contributed by atoms with Crippen molar-refractivity contribution in [1.82, 2.24) is 5.32 Å². The average molecular weight is 315 g/mol. The summed E-state index contributed by atoms with van der Waals surface area (Å²) in [6.07, 6.45) is 0. The molecule has 0 heterocycles. The lowest BCUT2D eigenvalue weighted by Gasteiger charge is -2.27. The molecule has 0 radical (unpaired) electrons. The quantitative estimate of drug-likeness (QED) is 0.845. The molecule has 2 aromatic carbocycles. The predicted octanol–water partition coefficient (Wildman–Crippen LogP) is 3.74. The Labute approximate surface area is 138 Å². The van der Waals surface area contributed by atoms with Gasteiger partial charge in [-0.1, -0.05) is 30.3 Å². The fourth-order valence-corrected chi connectivity index (χ4v) is 2.50. The number of hydrogen-bond acceptors (Lipinski definition) is 4. The van der Waals surface area contributed by atoms with Crippen molar-refractivity contribution >= 4 is 0 Å². The number of methoxy groups -OCH3 is 3. The number of ether oxygens (including phenoxy) is 3. The molecule has 0 aliphatic rings. The van der Waals surface area contributed by atoms with Gasteiger partial charge in [-0.05, 0) is 25.5 Å². The lowest BCUT2D eigenvalue weighted by Crippen LogP contribution is -2.36. The molecule has 0 bridgehead atoms. The van der Waals surface area contributed by atoms with Crippen molar-refractivity contribution in [2.75, 3.05) is 21.3 Å². The summed E-state index contributed by atoms with van der Waals surface area (Å²) >= 11 is 0. The van der Waals surface area contributed by atoms with Gasteiger partial charge in [0.15, 0.2) is 11.5 Å². The first-order valence-corrected chi connectivity index (χ1v) is 7.61. The largest absolute Gasteiger partial charge is 0.496 e. The Balaban J connectivity index is 2.22. The highest BCUT2D eigenvalue weighted by Crippen LogP contribution is 2.35. The van der Waals surface area contributed by atoms with E-state index < -0.39 is 0 Å². The van der Waals surface area contributed by atoms with Crippen LogP contribution < -0.4 is 19.5 Å². The van der Waals surface area contributed by atoms with Crippen molar-refractivity contribution in [3.8, 4) is 17.2 Å². The molecule has 4 nitrogen and oxygen atoms in total. The first kappa shape index (κ1) is 17.2. The second-order valence-electron chi connectivity index (χ2n) is 5.86. The molecule has 0 fully saturated rings. The summed E-state index contributed by atoms with van der Waals surface area (Å²) in [5.41, 5.74) is 2.10. The van der Waals surface area contributed by atoms with Gasteiger partial charge in [0.1, 0.15) is 5.75 Å². The molecule has 2 aromatic rings. The van der Waals surface area contributed by atoms with Crippen molar-refractivity contribution in [2.24, 2.45) is 0 Å². The van der Waals surface area contributed by atoms with Crippen LogP contribution in [0.25, 0.3) is 0 Å². The SMILES string of the molecule is COc1cc(OC)c(OC)cc1CNC(C)(C)c1ccccc1. The molecule has 4 heteroatoms. The summed E-state index contributed by atoms with van der Waals surface area (Å²) in [4.78, 5) is 0. The van der Waals surface area contributed by atoms with E-state index in [0.29, 0.717) is 18.0 Å². The summed E-state index contributed by atoms with van der Waals surface area (Å²) in [6, 6.07) is 14.2. The molecule has 0 aliphatic carbocycles. The van der Waals surface area contributed by atoms with Crippen LogP contribution in [0, 0.1) is 0 Å². The maximum atomic E-state index is 5.48. The lowest BCUT2D eigenvalue weighted by atomic mass is 9.94. The van der Waals surface area contributed by atoms with E-state index in [2.05, 4.69) is 43.4 Å². The van der Waals surface area contributed by atoms with Gasteiger partial charge < -0.3 is 19.5 Å². The molecule has 1 N–H and O–H groups in total. The Kier molecular flexibility index (Phi) is 5.50. The molecule has 0 saturated heterocycles. The van der Waals surface area contributed by atoms with E-state index in [0.717, 1.165) is 11.3 Å². The fourth-order valence-electron chi connectivity index (χ4n) is 2.50. The zero-order chi connectivity index (χ0) is 16.9. The smallest absolute Gasteiger partial charge is 0.164 e. The predicted molar refractivity (Wildman–Crippen MR) is 92.4 cm³/mol. The lowest BCUT2D eigenvalue weighted by molar-refractivity contribution is 0.344. The van der Waals surface area contributed by atoms with Crippen molar-refractivity contribution in [1.29, 1.82) is 0 Å². The van der Waals surface area contributed by atoms with Crippen molar-refractivity contribution in [3.63, 3.8) is 0 Å². The molecule has 0 aromatic heterocycles. The topological polar surface area (TPSA) is 39.7 Å². The second kappa shape index (κ2) is 7.38. The molecule has 0 amide bonds. The van der Waals surface area contributed by atoms with Gasteiger partial charge in [0, 0.05) is 23.7 Å². The molecule has 0 spiro atoms. The van der Waals surface area contributed by atoms with Gasteiger partial charge in [-0.3, -0.25) is 0 Å². The minimum atomic E-state index is -0.153. The number of rotatable bonds is 7. The third-order valence-electron chi connectivity index (χ3n) is 4.00. The Morgan fingerprint density at radius 3 is 1.96 bits per heavy atom. The van der Waals surface area contributed by atoms with Crippen LogP contribution in [0.5, 0.6) is 17.2 Å². The van der Waals surface area contributed by atoms with Crippen molar-refractivity contribution in [2.45, 2.75) is 25.9 Å². The maximum absolute atomic E-state index is 5.48. The van der Waals surface area contributed by atoms with Gasteiger partial charge in [0.25, 0.3) is 0 Å². The van der Waals surface area contributed by atoms with E-state index in [9.17, 15) is 0 Å². The first-order chi connectivity index (χ1) is 11.0. The van der Waals surface area contributed by atoms with Crippen LogP contribution in [-0.4, -0.2) is 21.3 Å². The van der Waals surface area contributed by atoms with Gasteiger partial charge >= 0.3 is 0 Å². The van der Waals surface area contributed by atoms with Gasteiger partial charge in [-0.25, -0.2) is 0 Å². The Bertz CT molecular complexity index is 639. The fraction of sp³-hybridized carbons (Fsp3) is 0.368. The summed E-state index contributed by atoms with van der Waals surface area (Å²) in [5.74, 6) is 2.14. The molecule has 23 heavy (non-hydrogen) atoms. The molecule has 124 valence electrons. The molecule has 0 unspecified atom stereocenters. The number of benzene rings is 2. The highest BCUT2D eigenvalue weighted by Gasteiger charge is 2.20. The third-order valence-corrected chi connectivity index (χ3v) is 4.00. The third kappa shape index (κ3) is 3.96. The molecule has 0 atom stereocenters. The normalized spacial score (nSPS) is 11.2.